The summed E-state index contributed by atoms with van der Waals surface area (Å²) in [6.45, 7) is 0.547. The molecule has 154 valence electrons. The number of hydrogen-bond donors (Lipinski definition) is 1. The molecule has 1 atom stereocenters. The number of benzene rings is 1. The van der Waals surface area contributed by atoms with Crippen LogP contribution in [0.1, 0.15) is 34.7 Å². The second-order valence-electron chi connectivity index (χ2n) is 7.38. The van der Waals surface area contributed by atoms with Gasteiger partial charge in [-0.2, -0.15) is 0 Å². The van der Waals surface area contributed by atoms with Crippen LogP contribution < -0.4 is 0 Å². The molecule has 1 spiro atoms. The van der Waals surface area contributed by atoms with Gasteiger partial charge in [0, 0.05) is 36.4 Å². The summed E-state index contributed by atoms with van der Waals surface area (Å²) in [5.41, 5.74) is 2.25. The van der Waals surface area contributed by atoms with Crippen molar-refractivity contribution < 1.29 is 14.3 Å². The van der Waals surface area contributed by atoms with E-state index in [2.05, 4.69) is 22.1 Å². The van der Waals surface area contributed by atoms with Gasteiger partial charge in [0.05, 0.1) is 11.2 Å². The number of carbonyl (C=O) groups excluding carboxylic acids is 2. The molecule has 2 aliphatic rings. The van der Waals surface area contributed by atoms with E-state index in [1.807, 2.05) is 41.7 Å². The Morgan fingerprint density at radius 3 is 2.72 bits per heavy atom. The van der Waals surface area contributed by atoms with Crippen LogP contribution in [0.2, 0.25) is 0 Å². The van der Waals surface area contributed by atoms with Crippen LogP contribution in [0.5, 0.6) is 0 Å². The SMILES string of the molecule is COC(=O)[C@@H]1CC2(CN1C(=O)c1ncc(CCCc3ccccc3)[nH]1)SCCS2. The van der Waals surface area contributed by atoms with E-state index >= 15 is 0 Å². The molecule has 2 saturated heterocycles. The Balaban J connectivity index is 1.41. The predicted octanol–water partition coefficient (Wildman–Crippen LogP) is 3.15. The molecule has 2 fully saturated rings. The number of amides is 1. The van der Waals surface area contributed by atoms with Gasteiger partial charge in [0.15, 0.2) is 5.82 Å². The molecule has 0 aliphatic carbocycles. The standard InChI is InChI=1S/C21H25N3O3S2/c1-27-20(26)17-12-21(28-10-11-29-21)14-24(17)19(25)18-22-13-16(23-18)9-5-8-15-6-3-2-4-7-15/h2-4,6-7,13,17H,5,8-12,14H2,1H3,(H,22,23)/t17-/m0/s1. The zero-order valence-electron chi connectivity index (χ0n) is 16.4. The van der Waals surface area contributed by atoms with E-state index in [1.54, 1.807) is 11.1 Å². The predicted molar refractivity (Wildman–Crippen MR) is 116 cm³/mol. The van der Waals surface area contributed by atoms with Crippen molar-refractivity contribution in [3.8, 4) is 0 Å². The van der Waals surface area contributed by atoms with E-state index in [4.69, 9.17) is 4.74 Å². The third kappa shape index (κ3) is 4.48. The van der Waals surface area contributed by atoms with Gasteiger partial charge < -0.3 is 14.6 Å². The quantitative estimate of drug-likeness (QED) is 0.708. The third-order valence-corrected chi connectivity index (χ3v) is 8.85. The Hall–Kier alpha value is -1.93. The number of carbonyl (C=O) groups is 2. The van der Waals surface area contributed by atoms with E-state index in [0.717, 1.165) is 36.5 Å². The Labute approximate surface area is 179 Å². The fourth-order valence-corrected chi connectivity index (χ4v) is 7.22. The minimum Gasteiger partial charge on any atom is -0.467 e. The summed E-state index contributed by atoms with van der Waals surface area (Å²) in [6.07, 6.45) is 5.15. The summed E-state index contributed by atoms with van der Waals surface area (Å²) in [7, 11) is 1.38. The Kier molecular flexibility index (Phi) is 6.20. The fourth-order valence-electron chi connectivity index (χ4n) is 3.96. The molecule has 1 amide bonds. The van der Waals surface area contributed by atoms with Gasteiger partial charge in [-0.1, -0.05) is 30.3 Å². The highest BCUT2D eigenvalue weighted by Gasteiger charge is 2.52. The van der Waals surface area contributed by atoms with E-state index in [-0.39, 0.29) is 16.0 Å². The average Bonchev–Trinajstić information content (AvgIpc) is 3.49. The van der Waals surface area contributed by atoms with Gasteiger partial charge in [0.2, 0.25) is 0 Å². The lowest BCUT2D eigenvalue weighted by Gasteiger charge is -2.22. The first kappa shape index (κ1) is 20.3. The monoisotopic (exact) mass is 431 g/mol. The van der Waals surface area contributed by atoms with Gasteiger partial charge in [-0.25, -0.2) is 9.78 Å². The maximum Gasteiger partial charge on any atom is 0.328 e. The van der Waals surface area contributed by atoms with Gasteiger partial charge in [-0.15, -0.1) is 23.5 Å². The van der Waals surface area contributed by atoms with Gasteiger partial charge in [0.25, 0.3) is 5.91 Å². The van der Waals surface area contributed by atoms with Gasteiger partial charge in [0.1, 0.15) is 6.04 Å². The number of methoxy groups -OCH3 is 1. The number of likely N-dealkylation sites (tertiary alicyclic amines) is 1. The van der Waals surface area contributed by atoms with E-state index < -0.39 is 6.04 Å². The maximum absolute atomic E-state index is 13.1. The van der Waals surface area contributed by atoms with Crippen molar-refractivity contribution >= 4 is 35.4 Å². The molecule has 0 unspecified atom stereocenters. The number of aromatic nitrogens is 2. The lowest BCUT2D eigenvalue weighted by Crippen LogP contribution is -2.41. The zero-order chi connectivity index (χ0) is 20.3. The van der Waals surface area contributed by atoms with Gasteiger partial charge in [-0.3, -0.25) is 4.79 Å². The number of H-pyrrole nitrogens is 1. The minimum absolute atomic E-state index is 0.0976. The summed E-state index contributed by atoms with van der Waals surface area (Å²) >= 11 is 3.69. The highest BCUT2D eigenvalue weighted by atomic mass is 32.2. The van der Waals surface area contributed by atoms with E-state index in [1.165, 1.54) is 12.7 Å². The zero-order valence-corrected chi connectivity index (χ0v) is 18.1. The summed E-state index contributed by atoms with van der Waals surface area (Å²) in [5.74, 6) is 1.83. The van der Waals surface area contributed by atoms with Crippen LogP contribution in [-0.4, -0.2) is 62.0 Å². The van der Waals surface area contributed by atoms with Crippen molar-refractivity contribution in [2.45, 2.75) is 35.8 Å². The highest BCUT2D eigenvalue weighted by Crippen LogP contribution is 2.52. The second kappa shape index (κ2) is 8.83. The number of imidazole rings is 1. The van der Waals surface area contributed by atoms with Crippen molar-refractivity contribution in [1.82, 2.24) is 14.9 Å². The van der Waals surface area contributed by atoms with Crippen LogP contribution in [0.3, 0.4) is 0 Å². The Morgan fingerprint density at radius 2 is 2.00 bits per heavy atom. The van der Waals surface area contributed by atoms with Crippen LogP contribution >= 0.6 is 23.5 Å². The van der Waals surface area contributed by atoms with Crippen LogP contribution in [0, 0.1) is 0 Å². The highest BCUT2D eigenvalue weighted by molar-refractivity contribution is 8.21. The van der Waals surface area contributed by atoms with Crippen molar-refractivity contribution in [3.63, 3.8) is 0 Å². The van der Waals surface area contributed by atoms with Crippen LogP contribution in [0.25, 0.3) is 0 Å². The molecule has 0 radical (unpaired) electrons. The first-order chi connectivity index (χ1) is 14.1. The fraction of sp³-hybridized carbons (Fsp3) is 0.476. The smallest absolute Gasteiger partial charge is 0.328 e. The third-order valence-electron chi connectivity index (χ3n) is 5.42. The van der Waals surface area contributed by atoms with Gasteiger partial charge in [-0.05, 0) is 24.8 Å². The number of nitrogens with zero attached hydrogens (tertiary/aromatic N) is 2. The summed E-state index contributed by atoms with van der Waals surface area (Å²) in [6, 6.07) is 9.81. The number of aryl methyl sites for hydroxylation is 2. The van der Waals surface area contributed by atoms with Crippen molar-refractivity contribution in [3.05, 3.63) is 53.6 Å². The lowest BCUT2D eigenvalue weighted by molar-refractivity contribution is -0.145. The van der Waals surface area contributed by atoms with Crippen molar-refractivity contribution in [1.29, 1.82) is 0 Å². The first-order valence-corrected chi connectivity index (χ1v) is 11.8. The topological polar surface area (TPSA) is 75.3 Å². The molecular weight excluding hydrogens is 406 g/mol. The molecular formula is C21H25N3O3S2. The molecule has 29 heavy (non-hydrogen) atoms. The van der Waals surface area contributed by atoms with Crippen molar-refractivity contribution in [2.24, 2.45) is 0 Å². The van der Waals surface area contributed by atoms with Crippen LogP contribution in [0.15, 0.2) is 36.5 Å². The number of ether oxygens (including phenoxy) is 1. The number of rotatable bonds is 6. The van der Waals surface area contributed by atoms with Crippen molar-refractivity contribution in [2.75, 3.05) is 25.2 Å². The van der Waals surface area contributed by atoms with E-state index in [0.29, 0.717) is 18.8 Å². The van der Waals surface area contributed by atoms with Crippen LogP contribution in [-0.2, 0) is 22.4 Å². The second-order valence-corrected chi connectivity index (χ2v) is 10.6. The molecule has 0 bridgehead atoms. The van der Waals surface area contributed by atoms with Gasteiger partial charge >= 0.3 is 5.97 Å². The normalized spacial score (nSPS) is 20.3. The number of nitrogens with one attached hydrogen (secondary N) is 1. The number of esters is 1. The molecule has 2 aliphatic heterocycles. The molecule has 2 aromatic rings. The minimum atomic E-state index is -0.544. The largest absolute Gasteiger partial charge is 0.467 e. The molecule has 1 aromatic heterocycles. The molecule has 1 N–H and O–H groups in total. The Bertz CT molecular complexity index is 865. The molecule has 3 heterocycles. The molecule has 6 nitrogen and oxygen atoms in total. The van der Waals surface area contributed by atoms with Crippen LogP contribution in [0.4, 0.5) is 0 Å². The lowest BCUT2D eigenvalue weighted by atomic mass is 10.1. The summed E-state index contributed by atoms with van der Waals surface area (Å²) < 4.78 is 4.87. The number of aromatic amines is 1. The molecule has 1 aromatic carbocycles. The molecule has 0 saturated carbocycles. The number of hydrogen-bond acceptors (Lipinski definition) is 6. The summed E-state index contributed by atoms with van der Waals surface area (Å²) in [5, 5.41) is 0. The first-order valence-electron chi connectivity index (χ1n) is 9.85. The molecule has 4 rings (SSSR count). The number of thioether (sulfide) groups is 2. The maximum atomic E-state index is 13.1. The van der Waals surface area contributed by atoms with E-state index in [9.17, 15) is 9.59 Å². The molecule has 8 heteroatoms. The Morgan fingerprint density at radius 1 is 1.24 bits per heavy atom. The summed E-state index contributed by atoms with van der Waals surface area (Å²) in [4.78, 5) is 34.6. The average molecular weight is 432 g/mol.